The molecule has 0 saturated heterocycles. The van der Waals surface area contributed by atoms with Crippen LogP contribution in [0.4, 0.5) is 0 Å². The fourth-order valence-corrected chi connectivity index (χ4v) is 2.51. The zero-order valence-corrected chi connectivity index (χ0v) is 12.1. The Kier molecular flexibility index (Phi) is 4.03. The SMILES string of the molecule is Cc1cc(C)cc(C(NN)c2ccc(C)c(C)c2)c1. The van der Waals surface area contributed by atoms with Crippen LogP contribution >= 0.6 is 0 Å². The van der Waals surface area contributed by atoms with Gasteiger partial charge in [0.05, 0.1) is 6.04 Å². The molecule has 19 heavy (non-hydrogen) atoms. The molecule has 100 valence electrons. The Bertz CT molecular complexity index is 568. The molecule has 3 N–H and O–H groups in total. The number of benzene rings is 2. The third-order valence-electron chi connectivity index (χ3n) is 3.61. The van der Waals surface area contributed by atoms with Crippen LogP contribution in [0.25, 0.3) is 0 Å². The van der Waals surface area contributed by atoms with E-state index >= 15 is 0 Å². The number of nitrogens with one attached hydrogen (secondary N) is 1. The standard InChI is InChI=1S/C17H22N2/c1-11-7-12(2)9-16(8-11)17(19-18)15-6-5-13(3)14(4)10-15/h5-10,17,19H,18H2,1-4H3. The predicted molar refractivity (Wildman–Crippen MR) is 81.0 cm³/mol. The number of hydrogen-bond acceptors (Lipinski definition) is 2. The van der Waals surface area contributed by atoms with Crippen molar-refractivity contribution in [1.82, 2.24) is 5.43 Å². The molecule has 2 heteroatoms. The highest BCUT2D eigenvalue weighted by atomic mass is 15.2. The van der Waals surface area contributed by atoms with Crippen molar-refractivity contribution < 1.29 is 0 Å². The van der Waals surface area contributed by atoms with Gasteiger partial charge in [-0.25, -0.2) is 5.43 Å². The molecule has 1 atom stereocenters. The van der Waals surface area contributed by atoms with E-state index in [4.69, 9.17) is 5.84 Å². The van der Waals surface area contributed by atoms with Gasteiger partial charge in [0.2, 0.25) is 0 Å². The third-order valence-corrected chi connectivity index (χ3v) is 3.61. The molecule has 1 unspecified atom stereocenters. The van der Waals surface area contributed by atoms with Crippen molar-refractivity contribution in [3.8, 4) is 0 Å². The van der Waals surface area contributed by atoms with Crippen LogP contribution < -0.4 is 11.3 Å². The molecule has 0 spiro atoms. The van der Waals surface area contributed by atoms with Gasteiger partial charge in [-0.2, -0.15) is 0 Å². The monoisotopic (exact) mass is 254 g/mol. The normalized spacial score (nSPS) is 12.5. The Hall–Kier alpha value is -1.64. The van der Waals surface area contributed by atoms with Crippen LogP contribution in [-0.2, 0) is 0 Å². The summed E-state index contributed by atoms with van der Waals surface area (Å²) in [5.41, 5.74) is 10.5. The Morgan fingerprint density at radius 1 is 0.789 bits per heavy atom. The van der Waals surface area contributed by atoms with Gasteiger partial charge in [-0.15, -0.1) is 0 Å². The Labute approximate surface area is 115 Å². The van der Waals surface area contributed by atoms with E-state index in [-0.39, 0.29) is 6.04 Å². The molecule has 0 aliphatic carbocycles. The second-order valence-electron chi connectivity index (χ2n) is 5.36. The molecule has 2 rings (SSSR count). The van der Waals surface area contributed by atoms with Crippen molar-refractivity contribution in [3.63, 3.8) is 0 Å². The van der Waals surface area contributed by atoms with Gasteiger partial charge in [0.15, 0.2) is 0 Å². The molecule has 2 nitrogen and oxygen atoms in total. The lowest BCUT2D eigenvalue weighted by Gasteiger charge is -2.19. The van der Waals surface area contributed by atoms with Crippen molar-refractivity contribution in [3.05, 3.63) is 69.8 Å². The van der Waals surface area contributed by atoms with Gasteiger partial charge in [-0.3, -0.25) is 5.84 Å². The van der Waals surface area contributed by atoms with E-state index in [1.165, 1.54) is 33.4 Å². The second-order valence-corrected chi connectivity index (χ2v) is 5.36. The van der Waals surface area contributed by atoms with E-state index in [0.29, 0.717) is 0 Å². The highest BCUT2D eigenvalue weighted by Gasteiger charge is 2.13. The minimum atomic E-state index is 0.0397. The molecular formula is C17H22N2. The topological polar surface area (TPSA) is 38.0 Å². The van der Waals surface area contributed by atoms with Gasteiger partial charge in [0.1, 0.15) is 0 Å². The summed E-state index contributed by atoms with van der Waals surface area (Å²) in [4.78, 5) is 0. The first-order valence-corrected chi connectivity index (χ1v) is 6.62. The first-order valence-electron chi connectivity index (χ1n) is 6.62. The number of hydrazine groups is 1. The van der Waals surface area contributed by atoms with Gasteiger partial charge in [-0.1, -0.05) is 47.5 Å². The molecule has 2 aromatic carbocycles. The van der Waals surface area contributed by atoms with Gasteiger partial charge in [0.25, 0.3) is 0 Å². The van der Waals surface area contributed by atoms with E-state index in [1.54, 1.807) is 0 Å². The second kappa shape index (κ2) is 5.55. The van der Waals surface area contributed by atoms with E-state index in [1.807, 2.05) is 0 Å². The largest absolute Gasteiger partial charge is 0.271 e. The molecule has 0 aromatic heterocycles. The van der Waals surface area contributed by atoms with Gasteiger partial charge >= 0.3 is 0 Å². The summed E-state index contributed by atoms with van der Waals surface area (Å²) in [5, 5.41) is 0. The fraction of sp³-hybridized carbons (Fsp3) is 0.294. The molecule has 0 amide bonds. The highest BCUT2D eigenvalue weighted by molar-refractivity contribution is 5.39. The summed E-state index contributed by atoms with van der Waals surface area (Å²) in [6, 6.07) is 13.1. The summed E-state index contributed by atoms with van der Waals surface area (Å²) in [5.74, 6) is 5.78. The Morgan fingerprint density at radius 2 is 1.42 bits per heavy atom. The summed E-state index contributed by atoms with van der Waals surface area (Å²) >= 11 is 0. The quantitative estimate of drug-likeness (QED) is 0.650. The Morgan fingerprint density at radius 3 is 1.95 bits per heavy atom. The van der Waals surface area contributed by atoms with E-state index in [9.17, 15) is 0 Å². The summed E-state index contributed by atoms with van der Waals surface area (Å²) < 4.78 is 0. The lowest BCUT2D eigenvalue weighted by atomic mass is 9.94. The zero-order valence-electron chi connectivity index (χ0n) is 12.1. The first kappa shape index (κ1) is 13.8. The summed E-state index contributed by atoms with van der Waals surface area (Å²) in [6.45, 7) is 8.49. The fourth-order valence-electron chi connectivity index (χ4n) is 2.51. The van der Waals surface area contributed by atoms with Gasteiger partial charge in [-0.05, 0) is 49.9 Å². The van der Waals surface area contributed by atoms with Crippen molar-refractivity contribution in [1.29, 1.82) is 0 Å². The molecule has 0 aliphatic rings. The number of nitrogens with two attached hydrogens (primary N) is 1. The molecule has 0 bridgehead atoms. The van der Waals surface area contributed by atoms with Gasteiger partial charge < -0.3 is 0 Å². The molecule has 0 radical (unpaired) electrons. The zero-order chi connectivity index (χ0) is 14.0. The van der Waals surface area contributed by atoms with Crippen LogP contribution in [-0.4, -0.2) is 0 Å². The molecule has 0 aliphatic heterocycles. The van der Waals surface area contributed by atoms with Crippen molar-refractivity contribution in [2.75, 3.05) is 0 Å². The van der Waals surface area contributed by atoms with Crippen LogP contribution in [0.1, 0.15) is 39.4 Å². The van der Waals surface area contributed by atoms with Crippen molar-refractivity contribution in [2.45, 2.75) is 33.7 Å². The molecule has 0 heterocycles. The average molecular weight is 254 g/mol. The summed E-state index contributed by atoms with van der Waals surface area (Å²) in [6.07, 6.45) is 0. The van der Waals surface area contributed by atoms with Crippen LogP contribution in [0.3, 0.4) is 0 Å². The molecular weight excluding hydrogens is 232 g/mol. The first-order chi connectivity index (χ1) is 9.01. The summed E-state index contributed by atoms with van der Waals surface area (Å²) in [7, 11) is 0. The van der Waals surface area contributed by atoms with Crippen molar-refractivity contribution >= 4 is 0 Å². The van der Waals surface area contributed by atoms with Crippen LogP contribution in [0.15, 0.2) is 36.4 Å². The van der Waals surface area contributed by atoms with Crippen LogP contribution in [0.5, 0.6) is 0 Å². The number of rotatable bonds is 3. The maximum absolute atomic E-state index is 5.78. The molecule has 2 aromatic rings. The van der Waals surface area contributed by atoms with E-state index in [2.05, 4.69) is 69.5 Å². The maximum Gasteiger partial charge on any atom is 0.0710 e. The van der Waals surface area contributed by atoms with Crippen LogP contribution in [0, 0.1) is 27.7 Å². The third kappa shape index (κ3) is 3.03. The van der Waals surface area contributed by atoms with Gasteiger partial charge in [0, 0.05) is 0 Å². The highest BCUT2D eigenvalue weighted by Crippen LogP contribution is 2.25. The van der Waals surface area contributed by atoms with Crippen molar-refractivity contribution in [2.24, 2.45) is 5.84 Å². The maximum atomic E-state index is 5.78. The van der Waals surface area contributed by atoms with E-state index in [0.717, 1.165) is 0 Å². The lowest BCUT2D eigenvalue weighted by Crippen LogP contribution is -2.29. The predicted octanol–water partition coefficient (Wildman–Crippen LogP) is 3.47. The molecule has 0 saturated carbocycles. The minimum absolute atomic E-state index is 0.0397. The number of hydrogen-bond donors (Lipinski definition) is 2. The Balaban J connectivity index is 2.46. The van der Waals surface area contributed by atoms with E-state index < -0.39 is 0 Å². The lowest BCUT2D eigenvalue weighted by molar-refractivity contribution is 0.635. The molecule has 0 fully saturated rings. The smallest absolute Gasteiger partial charge is 0.0710 e. The average Bonchev–Trinajstić information content (AvgIpc) is 2.33. The number of aryl methyl sites for hydroxylation is 4. The van der Waals surface area contributed by atoms with Crippen LogP contribution in [0.2, 0.25) is 0 Å². The minimum Gasteiger partial charge on any atom is -0.271 e.